The number of nitrogens with zero attached hydrogens (tertiary/aromatic N) is 6. The molecule has 3 aromatic rings. The van der Waals surface area contributed by atoms with E-state index >= 15 is 0 Å². The van der Waals surface area contributed by atoms with E-state index in [0.29, 0.717) is 0 Å². The quantitative estimate of drug-likeness (QED) is 0.709. The average molecular weight is 324 g/mol. The Morgan fingerprint density at radius 2 is 2.08 bits per heavy atom. The first-order chi connectivity index (χ1) is 11.9. The molecule has 0 unspecified atom stereocenters. The monoisotopic (exact) mass is 324 g/mol. The molecule has 1 aliphatic rings. The predicted molar refractivity (Wildman–Crippen MR) is 88.6 cm³/mol. The molecule has 1 aromatic carbocycles. The number of hydrogen-bond acceptors (Lipinski definition) is 5. The zero-order valence-corrected chi connectivity index (χ0v) is 13.4. The van der Waals surface area contributed by atoms with Crippen LogP contribution in [0.15, 0.2) is 55.4 Å². The molecule has 7 heteroatoms. The molecule has 0 N–H and O–H groups in total. The molecule has 1 aliphatic heterocycles. The zero-order valence-electron chi connectivity index (χ0n) is 13.4. The van der Waals surface area contributed by atoms with Crippen LogP contribution in [-0.2, 0) is 17.8 Å². The first-order valence-electron chi connectivity index (χ1n) is 8.12. The highest BCUT2D eigenvalue weighted by molar-refractivity contribution is 5.33. The minimum atomic E-state index is 0.156. The molecule has 2 aromatic heterocycles. The van der Waals surface area contributed by atoms with Crippen LogP contribution in [0.25, 0.3) is 5.69 Å². The maximum atomic E-state index is 5.85. The third-order valence-corrected chi connectivity index (χ3v) is 4.19. The van der Waals surface area contributed by atoms with Gasteiger partial charge in [0, 0.05) is 32.0 Å². The molecule has 0 bridgehead atoms. The Labute approximate surface area is 140 Å². The number of benzene rings is 1. The molecule has 124 valence electrons. The van der Waals surface area contributed by atoms with Crippen LogP contribution in [0.4, 0.5) is 0 Å². The SMILES string of the molecule is c1cnn(-c2ccc(CN3CCO[C@H](Cn4cncn4)C3)cc2)c1. The molecule has 1 fully saturated rings. The number of morpholine rings is 1. The molecule has 1 saturated heterocycles. The molecule has 24 heavy (non-hydrogen) atoms. The summed E-state index contributed by atoms with van der Waals surface area (Å²) >= 11 is 0. The molecule has 0 aliphatic carbocycles. The second-order valence-corrected chi connectivity index (χ2v) is 5.96. The fraction of sp³-hybridized carbons (Fsp3) is 0.353. The van der Waals surface area contributed by atoms with Crippen LogP contribution < -0.4 is 0 Å². The van der Waals surface area contributed by atoms with Gasteiger partial charge in [-0.15, -0.1) is 0 Å². The molecular formula is C17H20N6O. The van der Waals surface area contributed by atoms with Crippen molar-refractivity contribution in [3.63, 3.8) is 0 Å². The van der Waals surface area contributed by atoms with Crippen LogP contribution in [0, 0.1) is 0 Å². The fourth-order valence-electron chi connectivity index (χ4n) is 3.00. The molecule has 0 radical (unpaired) electrons. The van der Waals surface area contributed by atoms with Crippen molar-refractivity contribution in [2.45, 2.75) is 19.2 Å². The first kappa shape index (κ1) is 15.0. The van der Waals surface area contributed by atoms with Gasteiger partial charge in [-0.25, -0.2) is 9.67 Å². The molecule has 1 atom stereocenters. The van der Waals surface area contributed by atoms with Crippen molar-refractivity contribution >= 4 is 0 Å². The second kappa shape index (κ2) is 6.94. The van der Waals surface area contributed by atoms with Crippen molar-refractivity contribution in [1.82, 2.24) is 29.4 Å². The van der Waals surface area contributed by atoms with Gasteiger partial charge in [0.25, 0.3) is 0 Å². The van der Waals surface area contributed by atoms with E-state index in [4.69, 9.17) is 4.74 Å². The molecule has 7 nitrogen and oxygen atoms in total. The summed E-state index contributed by atoms with van der Waals surface area (Å²) in [6.07, 6.45) is 7.18. The standard InChI is InChI=1S/C17H20N6O/c1-6-19-23(7-1)16-4-2-15(3-5-16)10-21-8-9-24-17(11-21)12-22-14-18-13-20-22/h1-7,13-14,17H,8-12H2/t17-/m0/s1. The van der Waals surface area contributed by atoms with Crippen molar-refractivity contribution in [1.29, 1.82) is 0 Å². The number of aromatic nitrogens is 5. The lowest BCUT2D eigenvalue weighted by atomic mass is 10.1. The maximum Gasteiger partial charge on any atom is 0.137 e. The molecule has 4 rings (SSSR count). The van der Waals surface area contributed by atoms with Crippen LogP contribution in [0.1, 0.15) is 5.56 Å². The lowest BCUT2D eigenvalue weighted by Crippen LogP contribution is -2.43. The van der Waals surface area contributed by atoms with Crippen molar-refractivity contribution in [3.8, 4) is 5.69 Å². The van der Waals surface area contributed by atoms with Gasteiger partial charge >= 0.3 is 0 Å². The Balaban J connectivity index is 1.36. The van der Waals surface area contributed by atoms with Gasteiger partial charge < -0.3 is 4.74 Å². The lowest BCUT2D eigenvalue weighted by Gasteiger charge is -2.32. The minimum Gasteiger partial charge on any atom is -0.374 e. The Bertz CT molecular complexity index is 738. The Hall–Kier alpha value is -2.51. The number of rotatable bonds is 5. The van der Waals surface area contributed by atoms with Gasteiger partial charge in [0.2, 0.25) is 0 Å². The maximum absolute atomic E-state index is 5.85. The van der Waals surface area contributed by atoms with Crippen molar-refractivity contribution < 1.29 is 4.74 Å². The summed E-state index contributed by atoms with van der Waals surface area (Å²) in [4.78, 5) is 6.40. The van der Waals surface area contributed by atoms with Gasteiger partial charge in [-0.2, -0.15) is 10.2 Å². The van der Waals surface area contributed by atoms with E-state index in [-0.39, 0.29) is 6.10 Å². The molecule has 0 spiro atoms. The average Bonchev–Trinajstić information content (AvgIpc) is 3.29. The highest BCUT2D eigenvalue weighted by Crippen LogP contribution is 2.14. The van der Waals surface area contributed by atoms with E-state index in [1.807, 2.05) is 21.6 Å². The fourth-order valence-corrected chi connectivity index (χ4v) is 3.00. The Morgan fingerprint density at radius 3 is 2.83 bits per heavy atom. The van der Waals surface area contributed by atoms with Gasteiger partial charge in [-0.05, 0) is 23.8 Å². The van der Waals surface area contributed by atoms with Crippen LogP contribution in [0.5, 0.6) is 0 Å². The smallest absolute Gasteiger partial charge is 0.137 e. The van der Waals surface area contributed by atoms with E-state index < -0.39 is 0 Å². The van der Waals surface area contributed by atoms with Gasteiger partial charge in [-0.1, -0.05) is 12.1 Å². The lowest BCUT2D eigenvalue weighted by molar-refractivity contribution is -0.0402. The van der Waals surface area contributed by atoms with Crippen LogP contribution in [-0.4, -0.2) is 55.2 Å². The van der Waals surface area contributed by atoms with Gasteiger partial charge in [-0.3, -0.25) is 9.58 Å². The van der Waals surface area contributed by atoms with E-state index in [1.54, 1.807) is 18.9 Å². The number of hydrogen-bond donors (Lipinski definition) is 0. The summed E-state index contributed by atoms with van der Waals surface area (Å²) in [6, 6.07) is 10.5. The Kier molecular flexibility index (Phi) is 4.35. The van der Waals surface area contributed by atoms with Gasteiger partial charge in [0.15, 0.2) is 0 Å². The van der Waals surface area contributed by atoms with Crippen LogP contribution in [0.2, 0.25) is 0 Å². The van der Waals surface area contributed by atoms with E-state index in [9.17, 15) is 0 Å². The molecular weight excluding hydrogens is 304 g/mol. The highest BCUT2D eigenvalue weighted by atomic mass is 16.5. The summed E-state index contributed by atoms with van der Waals surface area (Å²) in [5.41, 5.74) is 2.38. The van der Waals surface area contributed by atoms with E-state index in [2.05, 4.69) is 44.3 Å². The summed E-state index contributed by atoms with van der Waals surface area (Å²) in [6.45, 7) is 4.28. The second-order valence-electron chi connectivity index (χ2n) is 5.96. The molecule has 0 saturated carbocycles. The largest absolute Gasteiger partial charge is 0.374 e. The van der Waals surface area contributed by atoms with Crippen LogP contribution in [0.3, 0.4) is 0 Å². The van der Waals surface area contributed by atoms with Crippen LogP contribution >= 0.6 is 0 Å². The summed E-state index contributed by atoms with van der Waals surface area (Å²) < 4.78 is 9.54. The third-order valence-electron chi connectivity index (χ3n) is 4.19. The van der Waals surface area contributed by atoms with Crippen molar-refractivity contribution in [2.75, 3.05) is 19.7 Å². The zero-order chi connectivity index (χ0) is 16.2. The summed E-state index contributed by atoms with van der Waals surface area (Å²) in [7, 11) is 0. The summed E-state index contributed by atoms with van der Waals surface area (Å²) in [5.74, 6) is 0. The first-order valence-corrected chi connectivity index (χ1v) is 8.12. The third kappa shape index (κ3) is 3.52. The molecule has 3 heterocycles. The van der Waals surface area contributed by atoms with E-state index in [1.165, 1.54) is 5.56 Å². The van der Waals surface area contributed by atoms with Crippen molar-refractivity contribution in [2.24, 2.45) is 0 Å². The topological polar surface area (TPSA) is 61.0 Å². The predicted octanol–water partition coefficient (Wildman–Crippen LogP) is 1.36. The minimum absolute atomic E-state index is 0.156. The normalized spacial score (nSPS) is 18.8. The van der Waals surface area contributed by atoms with Gasteiger partial charge in [0.1, 0.15) is 12.7 Å². The van der Waals surface area contributed by atoms with E-state index in [0.717, 1.165) is 38.5 Å². The number of ether oxygens (including phenoxy) is 1. The summed E-state index contributed by atoms with van der Waals surface area (Å²) in [5, 5.41) is 8.41. The Morgan fingerprint density at radius 1 is 1.17 bits per heavy atom. The van der Waals surface area contributed by atoms with Crippen molar-refractivity contribution in [3.05, 3.63) is 60.9 Å². The highest BCUT2D eigenvalue weighted by Gasteiger charge is 2.21. The molecule has 0 amide bonds. The van der Waals surface area contributed by atoms with Gasteiger partial charge in [0.05, 0.1) is 24.9 Å².